The Bertz CT molecular complexity index is 996. The molecule has 1 aliphatic rings. The quantitative estimate of drug-likeness (QED) is 0.690. The first kappa shape index (κ1) is 24.5. The van der Waals surface area contributed by atoms with Crippen LogP contribution in [-0.2, 0) is 4.79 Å². The molecule has 33 heavy (non-hydrogen) atoms. The van der Waals surface area contributed by atoms with Crippen LogP contribution in [0.5, 0.6) is 11.6 Å². The minimum Gasteiger partial charge on any atom is -0.497 e. The Hall–Kier alpha value is -3.13. The van der Waals surface area contributed by atoms with Crippen LogP contribution in [-0.4, -0.2) is 77.7 Å². The Morgan fingerprint density at radius 3 is 2.79 bits per heavy atom. The number of pyridine rings is 1. The molecule has 1 aromatic carbocycles. The van der Waals surface area contributed by atoms with Crippen LogP contribution in [0.15, 0.2) is 36.5 Å². The van der Waals surface area contributed by atoms with Crippen molar-refractivity contribution in [1.82, 2.24) is 14.8 Å². The summed E-state index contributed by atoms with van der Waals surface area (Å²) >= 11 is 0. The standard InChI is InChI=1S/C25H33N3O5/c1-6-23(30)27(4)14-22-16(2)13-28(17(3)15-29)25(31)21-11-19(12-26-24(21)33-22)18-8-7-9-20(10-18)32-5/h7-12,16-17,22,29H,6,13-15H2,1-5H3/t16-,17+,22-/m1/s1. The van der Waals surface area contributed by atoms with Gasteiger partial charge in [-0.25, -0.2) is 4.98 Å². The molecular weight excluding hydrogens is 422 g/mol. The first-order valence-corrected chi connectivity index (χ1v) is 11.3. The number of amides is 2. The van der Waals surface area contributed by atoms with E-state index in [0.717, 1.165) is 11.1 Å². The van der Waals surface area contributed by atoms with Gasteiger partial charge in [-0.2, -0.15) is 0 Å². The van der Waals surface area contributed by atoms with Crippen molar-refractivity contribution in [3.63, 3.8) is 0 Å². The highest BCUT2D eigenvalue weighted by Gasteiger charge is 2.34. The summed E-state index contributed by atoms with van der Waals surface area (Å²) in [5.74, 6) is 0.631. The van der Waals surface area contributed by atoms with Gasteiger partial charge in [0.2, 0.25) is 11.8 Å². The molecule has 1 aliphatic heterocycles. The van der Waals surface area contributed by atoms with Crippen LogP contribution in [0.4, 0.5) is 0 Å². The Kier molecular flexibility index (Phi) is 7.92. The van der Waals surface area contributed by atoms with Crippen molar-refractivity contribution in [2.75, 3.05) is 33.9 Å². The number of aromatic nitrogens is 1. The van der Waals surface area contributed by atoms with E-state index in [0.29, 0.717) is 30.8 Å². The molecule has 0 bridgehead atoms. The highest BCUT2D eigenvalue weighted by molar-refractivity contribution is 5.98. The molecule has 3 rings (SSSR count). The minimum atomic E-state index is -0.373. The molecule has 8 heteroatoms. The summed E-state index contributed by atoms with van der Waals surface area (Å²) in [5.41, 5.74) is 1.95. The Morgan fingerprint density at radius 1 is 1.36 bits per heavy atom. The van der Waals surface area contributed by atoms with E-state index in [2.05, 4.69) is 4.98 Å². The average molecular weight is 456 g/mol. The van der Waals surface area contributed by atoms with E-state index < -0.39 is 0 Å². The van der Waals surface area contributed by atoms with E-state index in [4.69, 9.17) is 9.47 Å². The lowest BCUT2D eigenvalue weighted by molar-refractivity contribution is -0.131. The third-order valence-electron chi connectivity index (χ3n) is 6.11. The number of carbonyl (C=O) groups excluding carboxylic acids is 2. The lowest BCUT2D eigenvalue weighted by Crippen LogP contribution is -2.50. The second-order valence-electron chi connectivity index (χ2n) is 8.56. The van der Waals surface area contributed by atoms with Crippen molar-refractivity contribution in [2.24, 2.45) is 5.92 Å². The number of likely N-dealkylation sites (N-methyl/N-ethyl adjacent to an activating group) is 1. The van der Waals surface area contributed by atoms with Crippen molar-refractivity contribution in [2.45, 2.75) is 39.3 Å². The van der Waals surface area contributed by atoms with Crippen molar-refractivity contribution in [3.05, 3.63) is 42.1 Å². The summed E-state index contributed by atoms with van der Waals surface area (Å²) < 4.78 is 11.6. The smallest absolute Gasteiger partial charge is 0.259 e. The molecule has 0 saturated heterocycles. The third-order valence-corrected chi connectivity index (χ3v) is 6.11. The predicted molar refractivity (Wildman–Crippen MR) is 125 cm³/mol. The van der Waals surface area contributed by atoms with Gasteiger partial charge in [-0.3, -0.25) is 9.59 Å². The van der Waals surface area contributed by atoms with Gasteiger partial charge in [-0.1, -0.05) is 26.0 Å². The maximum Gasteiger partial charge on any atom is 0.259 e. The van der Waals surface area contributed by atoms with Crippen LogP contribution in [0.3, 0.4) is 0 Å². The van der Waals surface area contributed by atoms with Crippen LogP contribution in [0.25, 0.3) is 11.1 Å². The molecule has 2 amide bonds. The second-order valence-corrected chi connectivity index (χ2v) is 8.56. The summed E-state index contributed by atoms with van der Waals surface area (Å²) in [6, 6.07) is 8.92. The monoisotopic (exact) mass is 455 g/mol. The summed E-state index contributed by atoms with van der Waals surface area (Å²) in [6.45, 7) is 6.23. The number of methoxy groups -OCH3 is 1. The number of ether oxygens (including phenoxy) is 2. The van der Waals surface area contributed by atoms with E-state index >= 15 is 0 Å². The fourth-order valence-corrected chi connectivity index (χ4v) is 3.92. The first-order chi connectivity index (χ1) is 15.8. The first-order valence-electron chi connectivity index (χ1n) is 11.3. The van der Waals surface area contributed by atoms with Crippen LogP contribution in [0.2, 0.25) is 0 Å². The summed E-state index contributed by atoms with van der Waals surface area (Å²) in [4.78, 5) is 33.5. The Morgan fingerprint density at radius 2 is 2.12 bits per heavy atom. The molecule has 0 spiro atoms. The average Bonchev–Trinajstić information content (AvgIpc) is 2.84. The van der Waals surface area contributed by atoms with Gasteiger partial charge in [0, 0.05) is 37.7 Å². The lowest BCUT2D eigenvalue weighted by atomic mass is 9.99. The number of hydrogen-bond donors (Lipinski definition) is 1. The maximum absolute atomic E-state index is 13.5. The number of nitrogens with zero attached hydrogens (tertiary/aromatic N) is 3. The number of aliphatic hydroxyl groups is 1. The van der Waals surface area contributed by atoms with Crippen LogP contribution < -0.4 is 9.47 Å². The number of aliphatic hydroxyl groups excluding tert-OH is 1. The van der Waals surface area contributed by atoms with E-state index in [-0.39, 0.29) is 42.4 Å². The Labute approximate surface area is 195 Å². The zero-order valence-corrected chi connectivity index (χ0v) is 19.9. The van der Waals surface area contributed by atoms with Crippen molar-refractivity contribution in [1.29, 1.82) is 0 Å². The highest BCUT2D eigenvalue weighted by Crippen LogP contribution is 2.31. The molecule has 1 aromatic heterocycles. The lowest BCUT2D eigenvalue weighted by Gasteiger charge is -2.37. The number of rotatable bonds is 7. The van der Waals surface area contributed by atoms with Crippen LogP contribution in [0, 0.1) is 5.92 Å². The molecule has 0 aliphatic carbocycles. The topological polar surface area (TPSA) is 92.2 Å². The molecule has 0 radical (unpaired) electrons. The van der Waals surface area contributed by atoms with Crippen LogP contribution >= 0.6 is 0 Å². The molecule has 2 aromatic rings. The van der Waals surface area contributed by atoms with Gasteiger partial charge < -0.3 is 24.4 Å². The molecule has 0 unspecified atom stereocenters. The molecular formula is C25H33N3O5. The SMILES string of the molecule is CCC(=O)N(C)C[C@H]1Oc2ncc(-c3cccc(OC)c3)cc2C(=O)N([C@@H](C)CO)C[C@H]1C. The van der Waals surface area contributed by atoms with Gasteiger partial charge in [-0.15, -0.1) is 0 Å². The van der Waals surface area contributed by atoms with Crippen molar-refractivity contribution in [3.8, 4) is 22.8 Å². The minimum absolute atomic E-state index is 0.0195. The van der Waals surface area contributed by atoms with Gasteiger partial charge in [0.25, 0.3) is 5.91 Å². The molecule has 8 nitrogen and oxygen atoms in total. The third kappa shape index (κ3) is 5.45. The number of hydrogen-bond acceptors (Lipinski definition) is 6. The van der Waals surface area contributed by atoms with E-state index in [1.54, 1.807) is 36.2 Å². The number of carbonyl (C=O) groups is 2. The molecule has 0 saturated carbocycles. The molecule has 0 fully saturated rings. The summed E-state index contributed by atoms with van der Waals surface area (Å²) in [6.07, 6.45) is 1.72. The normalized spacial score (nSPS) is 19.1. The zero-order chi connectivity index (χ0) is 24.1. The van der Waals surface area contributed by atoms with Gasteiger partial charge >= 0.3 is 0 Å². The van der Waals surface area contributed by atoms with Gasteiger partial charge in [0.1, 0.15) is 17.4 Å². The zero-order valence-electron chi connectivity index (χ0n) is 19.9. The fourth-order valence-electron chi connectivity index (χ4n) is 3.92. The number of benzene rings is 1. The number of fused-ring (bicyclic) bond motifs is 1. The van der Waals surface area contributed by atoms with Gasteiger partial charge in [-0.05, 0) is 30.7 Å². The van der Waals surface area contributed by atoms with Crippen molar-refractivity contribution >= 4 is 11.8 Å². The van der Waals surface area contributed by atoms with Crippen LogP contribution in [0.1, 0.15) is 37.6 Å². The van der Waals surface area contributed by atoms with E-state index in [9.17, 15) is 14.7 Å². The molecule has 3 atom stereocenters. The fraction of sp³-hybridized carbons (Fsp3) is 0.480. The van der Waals surface area contributed by atoms with Crippen molar-refractivity contribution < 1.29 is 24.2 Å². The molecule has 1 N–H and O–H groups in total. The van der Waals surface area contributed by atoms with Gasteiger partial charge in [0.15, 0.2) is 0 Å². The Balaban J connectivity index is 2.04. The highest BCUT2D eigenvalue weighted by atomic mass is 16.5. The van der Waals surface area contributed by atoms with Gasteiger partial charge in [0.05, 0.1) is 26.3 Å². The van der Waals surface area contributed by atoms with E-state index in [1.165, 1.54) is 0 Å². The maximum atomic E-state index is 13.5. The van der Waals surface area contributed by atoms with E-state index in [1.807, 2.05) is 45.0 Å². The summed E-state index contributed by atoms with van der Waals surface area (Å²) in [7, 11) is 3.35. The predicted octanol–water partition coefficient (Wildman–Crippen LogP) is 2.85. The second kappa shape index (κ2) is 10.7. The molecule has 2 heterocycles. The summed E-state index contributed by atoms with van der Waals surface area (Å²) in [5, 5.41) is 9.80. The molecule has 178 valence electrons. The largest absolute Gasteiger partial charge is 0.497 e.